The van der Waals surface area contributed by atoms with Gasteiger partial charge in [-0.2, -0.15) is 0 Å². The zero-order valence-electron chi connectivity index (χ0n) is 17.3. The Hall–Kier alpha value is -1.56. The first-order valence-electron chi connectivity index (χ1n) is 10.0. The van der Waals surface area contributed by atoms with Crippen molar-refractivity contribution in [3.05, 3.63) is 57.6 Å². The lowest BCUT2D eigenvalue weighted by Gasteiger charge is -2.20. The number of benzene rings is 2. The van der Waals surface area contributed by atoms with Gasteiger partial charge in [-0.3, -0.25) is 0 Å². The van der Waals surface area contributed by atoms with Crippen LogP contribution in [-0.4, -0.2) is 0 Å². The summed E-state index contributed by atoms with van der Waals surface area (Å²) in [6, 6.07) is 10.00. The van der Waals surface area contributed by atoms with Crippen LogP contribution in [-0.2, 0) is 6.42 Å². The summed E-state index contributed by atoms with van der Waals surface area (Å²) >= 11 is 0. The summed E-state index contributed by atoms with van der Waals surface area (Å²) in [7, 11) is 0. The largest absolute Gasteiger partial charge is 0.0587 e. The molecule has 0 aliphatic heterocycles. The van der Waals surface area contributed by atoms with Gasteiger partial charge in [0.15, 0.2) is 0 Å². The van der Waals surface area contributed by atoms with Crippen LogP contribution in [0.25, 0.3) is 11.1 Å². The van der Waals surface area contributed by atoms with Crippen molar-refractivity contribution >= 4 is 0 Å². The van der Waals surface area contributed by atoms with Crippen molar-refractivity contribution in [1.82, 2.24) is 0 Å². The van der Waals surface area contributed by atoms with Gasteiger partial charge in [0.1, 0.15) is 0 Å². The maximum Gasteiger partial charge on any atom is -0.00132 e. The normalized spacial score (nSPS) is 13.3. The van der Waals surface area contributed by atoms with E-state index in [-0.39, 0.29) is 0 Å². The minimum absolute atomic E-state index is 0.575. The third kappa shape index (κ3) is 3.16. The van der Waals surface area contributed by atoms with Crippen LogP contribution in [0.1, 0.15) is 112 Å². The molecule has 1 aliphatic carbocycles. The second-order valence-corrected chi connectivity index (χ2v) is 9.07. The van der Waals surface area contributed by atoms with Gasteiger partial charge in [0, 0.05) is 0 Å². The summed E-state index contributed by atoms with van der Waals surface area (Å²) in [4.78, 5) is 0. The van der Waals surface area contributed by atoms with Crippen molar-refractivity contribution in [2.75, 3.05) is 0 Å². The Balaban J connectivity index is 2.21. The first-order valence-corrected chi connectivity index (χ1v) is 10.0. The average molecular weight is 335 g/mol. The van der Waals surface area contributed by atoms with E-state index in [0.29, 0.717) is 23.7 Å². The molecule has 0 atom stereocenters. The molecule has 1 aliphatic rings. The van der Waals surface area contributed by atoms with E-state index in [4.69, 9.17) is 0 Å². The maximum atomic E-state index is 2.50. The summed E-state index contributed by atoms with van der Waals surface area (Å²) in [6.07, 6.45) is 1.10. The number of hydrogen-bond donors (Lipinski definition) is 0. The highest BCUT2D eigenvalue weighted by Crippen LogP contribution is 2.44. The zero-order valence-corrected chi connectivity index (χ0v) is 17.3. The molecule has 0 radical (unpaired) electrons. The molecule has 0 unspecified atom stereocenters. The molecule has 2 aromatic carbocycles. The van der Waals surface area contributed by atoms with E-state index in [9.17, 15) is 0 Å². The molecule has 0 heteroatoms. The topological polar surface area (TPSA) is 0 Å². The van der Waals surface area contributed by atoms with E-state index >= 15 is 0 Å². The summed E-state index contributed by atoms with van der Waals surface area (Å²) in [5.74, 6) is 2.32. The molecule has 134 valence electrons. The van der Waals surface area contributed by atoms with Crippen LogP contribution in [0, 0.1) is 0 Å². The van der Waals surface area contributed by atoms with Crippen LogP contribution < -0.4 is 0 Å². The van der Waals surface area contributed by atoms with Crippen LogP contribution in [0.3, 0.4) is 0 Å². The van der Waals surface area contributed by atoms with Gasteiger partial charge >= 0.3 is 0 Å². The standard InChI is InChI=1S/C25H34/c1-14(2)20-10-18-9-19-11-21(15(3)4)23(17(7)8)13-25(19)24(18)12-22(20)16(5)6/h10-17H,9H2,1-8H3. The van der Waals surface area contributed by atoms with Crippen molar-refractivity contribution < 1.29 is 0 Å². The van der Waals surface area contributed by atoms with Crippen molar-refractivity contribution in [3.8, 4) is 11.1 Å². The fraction of sp³-hybridized carbons (Fsp3) is 0.520. The summed E-state index contributed by atoms with van der Waals surface area (Å²) < 4.78 is 0. The van der Waals surface area contributed by atoms with Gasteiger partial charge in [0.2, 0.25) is 0 Å². The molecule has 0 amide bonds. The Morgan fingerprint density at radius 2 is 0.760 bits per heavy atom. The Labute approximate surface area is 154 Å². The highest BCUT2D eigenvalue weighted by molar-refractivity contribution is 5.79. The lowest BCUT2D eigenvalue weighted by atomic mass is 9.85. The van der Waals surface area contributed by atoms with Gasteiger partial charge < -0.3 is 0 Å². The van der Waals surface area contributed by atoms with Gasteiger partial charge in [-0.25, -0.2) is 0 Å². The fourth-order valence-corrected chi connectivity index (χ4v) is 4.36. The van der Waals surface area contributed by atoms with Gasteiger partial charge in [0.05, 0.1) is 0 Å². The average Bonchev–Trinajstić information content (AvgIpc) is 2.88. The van der Waals surface area contributed by atoms with Gasteiger partial charge in [0.25, 0.3) is 0 Å². The van der Waals surface area contributed by atoms with E-state index < -0.39 is 0 Å². The second kappa shape index (κ2) is 6.63. The number of fused-ring (bicyclic) bond motifs is 3. The molecule has 2 aromatic rings. The summed E-state index contributed by atoms with van der Waals surface area (Å²) in [5, 5.41) is 0. The van der Waals surface area contributed by atoms with E-state index in [0.717, 1.165) is 6.42 Å². The van der Waals surface area contributed by atoms with Crippen LogP contribution in [0.15, 0.2) is 24.3 Å². The van der Waals surface area contributed by atoms with E-state index in [1.165, 1.54) is 44.5 Å². The Morgan fingerprint density at radius 3 is 1.04 bits per heavy atom. The lowest BCUT2D eigenvalue weighted by Crippen LogP contribution is -2.01. The molecule has 3 rings (SSSR count). The molecule has 0 saturated carbocycles. The third-order valence-electron chi connectivity index (χ3n) is 5.78. The van der Waals surface area contributed by atoms with Crippen LogP contribution >= 0.6 is 0 Å². The Bertz CT molecular complexity index is 721. The fourth-order valence-electron chi connectivity index (χ4n) is 4.36. The molecule has 0 nitrogen and oxygen atoms in total. The number of rotatable bonds is 4. The molecule has 0 N–H and O–H groups in total. The van der Waals surface area contributed by atoms with E-state index in [1.807, 2.05) is 0 Å². The van der Waals surface area contributed by atoms with Crippen molar-refractivity contribution in [2.24, 2.45) is 0 Å². The molecule has 25 heavy (non-hydrogen) atoms. The highest BCUT2D eigenvalue weighted by atomic mass is 14.3. The predicted molar refractivity (Wildman–Crippen MR) is 111 cm³/mol. The highest BCUT2D eigenvalue weighted by Gasteiger charge is 2.25. The first-order chi connectivity index (χ1) is 11.7. The lowest BCUT2D eigenvalue weighted by molar-refractivity contribution is 0.789. The summed E-state index contributed by atoms with van der Waals surface area (Å²) in [5.41, 5.74) is 12.2. The van der Waals surface area contributed by atoms with Crippen LogP contribution in [0.2, 0.25) is 0 Å². The molecule has 0 aromatic heterocycles. The SMILES string of the molecule is CC(C)c1cc2c(cc1C(C)C)-c1cc(C(C)C)c(C(C)C)cc1C2. The summed E-state index contributed by atoms with van der Waals surface area (Å²) in [6.45, 7) is 18.6. The smallest absolute Gasteiger partial charge is 0.00132 e. The molecule has 0 saturated heterocycles. The second-order valence-electron chi connectivity index (χ2n) is 9.07. The van der Waals surface area contributed by atoms with Crippen molar-refractivity contribution in [1.29, 1.82) is 0 Å². The zero-order chi connectivity index (χ0) is 18.5. The minimum Gasteiger partial charge on any atom is -0.0587 e. The van der Waals surface area contributed by atoms with Crippen LogP contribution in [0.5, 0.6) is 0 Å². The van der Waals surface area contributed by atoms with Crippen molar-refractivity contribution in [3.63, 3.8) is 0 Å². The van der Waals surface area contributed by atoms with Crippen molar-refractivity contribution in [2.45, 2.75) is 85.5 Å². The molecule has 0 heterocycles. The van der Waals surface area contributed by atoms with Crippen LogP contribution in [0.4, 0.5) is 0 Å². The third-order valence-corrected chi connectivity index (χ3v) is 5.78. The monoisotopic (exact) mass is 334 g/mol. The first kappa shape index (κ1) is 18.2. The van der Waals surface area contributed by atoms with E-state index in [2.05, 4.69) is 79.7 Å². The van der Waals surface area contributed by atoms with Gasteiger partial charge in [-0.05, 0) is 74.6 Å². The van der Waals surface area contributed by atoms with Gasteiger partial charge in [-0.1, -0.05) is 79.7 Å². The molecule has 0 fully saturated rings. The maximum absolute atomic E-state index is 2.50. The predicted octanol–water partition coefficient (Wildman–Crippen LogP) is 7.75. The Morgan fingerprint density at radius 1 is 0.480 bits per heavy atom. The van der Waals surface area contributed by atoms with E-state index in [1.54, 1.807) is 0 Å². The quantitative estimate of drug-likeness (QED) is 0.457. The number of hydrogen-bond acceptors (Lipinski definition) is 0. The molecular weight excluding hydrogens is 300 g/mol. The Kier molecular flexibility index (Phi) is 4.84. The molecule has 0 bridgehead atoms. The molecule has 0 spiro atoms. The molecular formula is C25H34. The van der Waals surface area contributed by atoms with Gasteiger partial charge in [-0.15, -0.1) is 0 Å². The minimum atomic E-state index is 0.575.